The molecule has 1 atom stereocenters. The van der Waals surface area contributed by atoms with Gasteiger partial charge in [0, 0.05) is 19.3 Å². The molecule has 1 aromatic rings. The molecule has 0 aromatic heterocycles. The van der Waals surface area contributed by atoms with Crippen LogP contribution in [-0.4, -0.2) is 25.8 Å². The number of aryl methyl sites for hydroxylation is 1. The van der Waals surface area contributed by atoms with Crippen molar-refractivity contribution in [1.82, 2.24) is 5.32 Å². The summed E-state index contributed by atoms with van der Waals surface area (Å²) in [6.07, 6.45) is 2.17. The van der Waals surface area contributed by atoms with Crippen LogP contribution in [0.3, 0.4) is 0 Å². The van der Waals surface area contributed by atoms with Crippen LogP contribution in [0.1, 0.15) is 31.4 Å². The molecule has 0 aliphatic rings. The molecule has 0 saturated heterocycles. The minimum Gasteiger partial charge on any atom is -0.382 e. The molecule has 2 heteroatoms. The van der Waals surface area contributed by atoms with Gasteiger partial charge in [-0.25, -0.2) is 0 Å². The predicted octanol–water partition coefficient (Wildman–Crippen LogP) is 2.94. The highest BCUT2D eigenvalue weighted by Crippen LogP contribution is 2.11. The van der Waals surface area contributed by atoms with Crippen LogP contribution >= 0.6 is 0 Å². The van der Waals surface area contributed by atoms with E-state index in [4.69, 9.17) is 4.74 Å². The molecular formula is C15H25NO. The van der Waals surface area contributed by atoms with Crippen molar-refractivity contribution in [1.29, 1.82) is 0 Å². The number of nitrogens with one attached hydrogen (secondary N) is 1. The van der Waals surface area contributed by atoms with E-state index < -0.39 is 0 Å². The van der Waals surface area contributed by atoms with Gasteiger partial charge in [-0.05, 0) is 44.4 Å². The lowest BCUT2D eigenvalue weighted by molar-refractivity contribution is 0.136. The van der Waals surface area contributed by atoms with E-state index in [9.17, 15) is 0 Å². The summed E-state index contributed by atoms with van der Waals surface area (Å²) in [6.45, 7) is 9.06. The summed E-state index contributed by atoms with van der Waals surface area (Å²) in [5.41, 5.74) is 2.82. The zero-order valence-corrected chi connectivity index (χ0v) is 11.3. The molecule has 0 spiro atoms. The predicted molar refractivity (Wildman–Crippen MR) is 73.5 cm³/mol. The Kier molecular flexibility index (Phi) is 6.90. The van der Waals surface area contributed by atoms with Crippen LogP contribution in [-0.2, 0) is 11.2 Å². The molecule has 96 valence electrons. The number of benzene rings is 1. The minimum atomic E-state index is 0.521. The Balaban J connectivity index is 2.50. The Morgan fingerprint density at radius 3 is 2.65 bits per heavy atom. The van der Waals surface area contributed by atoms with Gasteiger partial charge in [-0.1, -0.05) is 31.2 Å². The number of hydrogen-bond donors (Lipinski definition) is 1. The lowest BCUT2D eigenvalue weighted by Crippen LogP contribution is -2.32. The summed E-state index contributed by atoms with van der Waals surface area (Å²) >= 11 is 0. The van der Waals surface area contributed by atoms with Gasteiger partial charge in [-0.15, -0.1) is 0 Å². The number of ether oxygens (including phenoxy) is 1. The molecule has 0 aliphatic carbocycles. The van der Waals surface area contributed by atoms with Crippen molar-refractivity contribution >= 4 is 0 Å². The van der Waals surface area contributed by atoms with E-state index in [1.54, 1.807) is 0 Å². The van der Waals surface area contributed by atoms with Gasteiger partial charge in [0.1, 0.15) is 0 Å². The number of rotatable bonds is 8. The molecule has 1 N–H and O–H groups in total. The summed E-state index contributed by atoms with van der Waals surface area (Å²) in [7, 11) is 0. The second-order valence-corrected chi connectivity index (χ2v) is 4.37. The summed E-state index contributed by atoms with van der Waals surface area (Å²) in [6, 6.07) is 9.14. The van der Waals surface area contributed by atoms with Crippen LogP contribution in [0.25, 0.3) is 0 Å². The Hall–Kier alpha value is -0.860. The molecule has 1 unspecified atom stereocenters. The third kappa shape index (κ3) is 5.33. The van der Waals surface area contributed by atoms with Gasteiger partial charge in [0.25, 0.3) is 0 Å². The van der Waals surface area contributed by atoms with Crippen LogP contribution < -0.4 is 5.32 Å². The normalized spacial score (nSPS) is 12.6. The fraction of sp³-hybridized carbons (Fsp3) is 0.600. The smallest absolute Gasteiger partial charge is 0.0480 e. The molecule has 17 heavy (non-hydrogen) atoms. The van der Waals surface area contributed by atoms with Crippen LogP contribution in [0.4, 0.5) is 0 Å². The Morgan fingerprint density at radius 1 is 1.24 bits per heavy atom. The zero-order valence-electron chi connectivity index (χ0n) is 11.3. The SMILES string of the molecule is CCNC(CCOCC)Cc1ccccc1C. The lowest BCUT2D eigenvalue weighted by atomic mass is 9.99. The van der Waals surface area contributed by atoms with Gasteiger partial charge in [-0.3, -0.25) is 0 Å². The van der Waals surface area contributed by atoms with Crippen molar-refractivity contribution in [2.24, 2.45) is 0 Å². The Labute approximate surface area is 105 Å². The molecule has 2 nitrogen and oxygen atoms in total. The first-order valence-electron chi connectivity index (χ1n) is 6.63. The fourth-order valence-electron chi connectivity index (χ4n) is 2.04. The molecule has 0 heterocycles. The van der Waals surface area contributed by atoms with Crippen molar-refractivity contribution < 1.29 is 4.74 Å². The van der Waals surface area contributed by atoms with Crippen molar-refractivity contribution in [2.45, 2.75) is 39.7 Å². The van der Waals surface area contributed by atoms with E-state index >= 15 is 0 Å². The molecule has 1 rings (SSSR count). The molecule has 0 aliphatic heterocycles. The first kappa shape index (κ1) is 14.2. The van der Waals surface area contributed by atoms with Crippen molar-refractivity contribution in [3.05, 3.63) is 35.4 Å². The van der Waals surface area contributed by atoms with E-state index in [1.165, 1.54) is 11.1 Å². The molecular weight excluding hydrogens is 210 g/mol. The topological polar surface area (TPSA) is 21.3 Å². The molecule has 0 bridgehead atoms. The Bertz CT molecular complexity index is 312. The number of hydrogen-bond acceptors (Lipinski definition) is 2. The largest absolute Gasteiger partial charge is 0.382 e. The summed E-state index contributed by atoms with van der Waals surface area (Å²) in [4.78, 5) is 0. The van der Waals surface area contributed by atoms with Gasteiger partial charge in [-0.2, -0.15) is 0 Å². The first-order chi connectivity index (χ1) is 8.27. The highest BCUT2D eigenvalue weighted by Gasteiger charge is 2.09. The van der Waals surface area contributed by atoms with Crippen molar-refractivity contribution in [3.63, 3.8) is 0 Å². The van der Waals surface area contributed by atoms with Crippen LogP contribution in [0.5, 0.6) is 0 Å². The fourth-order valence-corrected chi connectivity index (χ4v) is 2.04. The van der Waals surface area contributed by atoms with Crippen molar-refractivity contribution in [3.8, 4) is 0 Å². The van der Waals surface area contributed by atoms with E-state index in [0.29, 0.717) is 6.04 Å². The van der Waals surface area contributed by atoms with Gasteiger partial charge >= 0.3 is 0 Å². The van der Waals surface area contributed by atoms with Crippen molar-refractivity contribution in [2.75, 3.05) is 19.8 Å². The van der Waals surface area contributed by atoms with Gasteiger partial charge < -0.3 is 10.1 Å². The van der Waals surface area contributed by atoms with Gasteiger partial charge in [0.15, 0.2) is 0 Å². The highest BCUT2D eigenvalue weighted by atomic mass is 16.5. The molecule has 0 saturated carbocycles. The van der Waals surface area contributed by atoms with Crippen LogP contribution in [0.15, 0.2) is 24.3 Å². The van der Waals surface area contributed by atoms with E-state index in [1.807, 2.05) is 6.92 Å². The zero-order chi connectivity index (χ0) is 12.5. The maximum atomic E-state index is 5.44. The quantitative estimate of drug-likeness (QED) is 0.700. The number of likely N-dealkylation sites (N-methyl/N-ethyl adjacent to an activating group) is 1. The van der Waals surface area contributed by atoms with Gasteiger partial charge in [0.05, 0.1) is 0 Å². The third-order valence-electron chi connectivity index (χ3n) is 3.04. The standard InChI is InChI=1S/C15H25NO/c1-4-16-15(10-11-17-5-2)12-14-9-7-6-8-13(14)3/h6-9,15-16H,4-5,10-12H2,1-3H3. The lowest BCUT2D eigenvalue weighted by Gasteiger charge is -2.19. The second-order valence-electron chi connectivity index (χ2n) is 4.37. The van der Waals surface area contributed by atoms with E-state index in [-0.39, 0.29) is 0 Å². The molecule has 1 aromatic carbocycles. The Morgan fingerprint density at radius 2 is 2.00 bits per heavy atom. The average molecular weight is 235 g/mol. The van der Waals surface area contributed by atoms with Gasteiger partial charge in [0.2, 0.25) is 0 Å². The third-order valence-corrected chi connectivity index (χ3v) is 3.04. The molecule has 0 amide bonds. The average Bonchev–Trinajstić information content (AvgIpc) is 2.32. The highest BCUT2D eigenvalue weighted by molar-refractivity contribution is 5.26. The summed E-state index contributed by atoms with van der Waals surface area (Å²) < 4.78 is 5.44. The van der Waals surface area contributed by atoms with E-state index in [2.05, 4.69) is 43.4 Å². The monoisotopic (exact) mass is 235 g/mol. The maximum Gasteiger partial charge on any atom is 0.0480 e. The van der Waals surface area contributed by atoms with Crippen LogP contribution in [0.2, 0.25) is 0 Å². The van der Waals surface area contributed by atoms with Crippen LogP contribution in [0, 0.1) is 6.92 Å². The van der Waals surface area contributed by atoms with E-state index in [0.717, 1.165) is 32.6 Å². The summed E-state index contributed by atoms with van der Waals surface area (Å²) in [5, 5.41) is 3.54. The molecule has 0 radical (unpaired) electrons. The molecule has 0 fully saturated rings. The minimum absolute atomic E-state index is 0.521. The second kappa shape index (κ2) is 8.26. The maximum absolute atomic E-state index is 5.44. The first-order valence-corrected chi connectivity index (χ1v) is 6.63. The summed E-state index contributed by atoms with van der Waals surface area (Å²) in [5.74, 6) is 0.